The van der Waals surface area contributed by atoms with Crippen LogP contribution in [0.3, 0.4) is 0 Å². The van der Waals surface area contributed by atoms with E-state index in [0.717, 1.165) is 38.9 Å². The first kappa shape index (κ1) is 20.8. The van der Waals surface area contributed by atoms with Crippen LogP contribution >= 0.6 is 23.2 Å². The lowest BCUT2D eigenvalue weighted by Gasteiger charge is -2.20. The maximum Gasteiger partial charge on any atom is 0.180 e. The van der Waals surface area contributed by atoms with Gasteiger partial charge in [-0.2, -0.15) is 4.52 Å². The van der Waals surface area contributed by atoms with E-state index < -0.39 is 0 Å². The molecule has 0 saturated carbocycles. The Morgan fingerprint density at radius 3 is 2.44 bits per heavy atom. The fourth-order valence-electron chi connectivity index (χ4n) is 4.53. The number of nitrogens with zero attached hydrogens (tertiary/aromatic N) is 6. The molecule has 0 N–H and O–H groups in total. The summed E-state index contributed by atoms with van der Waals surface area (Å²) in [6, 6.07) is 24.2. The van der Waals surface area contributed by atoms with Crippen LogP contribution in [0.4, 0.5) is 0 Å². The number of tetrazole rings is 1. The Hall–Kier alpha value is -3.74. The van der Waals surface area contributed by atoms with Crippen LogP contribution in [0.2, 0.25) is 10.0 Å². The van der Waals surface area contributed by atoms with Crippen LogP contribution in [0.15, 0.2) is 85.3 Å². The maximum absolute atomic E-state index is 6.34. The van der Waals surface area contributed by atoms with Crippen LogP contribution in [0, 0.1) is 0 Å². The standard InChI is InChI=1S/C26H18Cl2N6/c1-33-15-29-14-24(33)26(16-5-8-19(27)9-6-16)18-7-10-23-22(12-18)21(13-25-30-31-32-34(23)25)17-3-2-4-20(28)11-17/h2-15,26H,1H3. The van der Waals surface area contributed by atoms with E-state index in [9.17, 15) is 0 Å². The molecule has 0 fully saturated rings. The molecule has 34 heavy (non-hydrogen) atoms. The van der Waals surface area contributed by atoms with Gasteiger partial charge in [0.25, 0.3) is 0 Å². The van der Waals surface area contributed by atoms with Gasteiger partial charge in [-0.25, -0.2) is 4.98 Å². The summed E-state index contributed by atoms with van der Waals surface area (Å²) in [6.07, 6.45) is 3.73. The number of aryl methyl sites for hydroxylation is 1. The summed E-state index contributed by atoms with van der Waals surface area (Å²) in [4.78, 5) is 4.37. The van der Waals surface area contributed by atoms with E-state index in [4.69, 9.17) is 23.2 Å². The predicted molar refractivity (Wildman–Crippen MR) is 134 cm³/mol. The van der Waals surface area contributed by atoms with E-state index >= 15 is 0 Å². The lowest BCUT2D eigenvalue weighted by Crippen LogP contribution is -2.08. The van der Waals surface area contributed by atoms with Crippen molar-refractivity contribution in [2.75, 3.05) is 0 Å². The Morgan fingerprint density at radius 2 is 1.68 bits per heavy atom. The smallest absolute Gasteiger partial charge is 0.180 e. The van der Waals surface area contributed by atoms with E-state index in [2.05, 4.69) is 50.8 Å². The summed E-state index contributed by atoms with van der Waals surface area (Å²) < 4.78 is 3.81. The lowest BCUT2D eigenvalue weighted by molar-refractivity contribution is 0.793. The van der Waals surface area contributed by atoms with Crippen LogP contribution in [-0.2, 0) is 7.05 Å². The van der Waals surface area contributed by atoms with Gasteiger partial charge < -0.3 is 4.57 Å². The van der Waals surface area contributed by atoms with Crippen molar-refractivity contribution in [3.05, 3.63) is 112 Å². The molecule has 1 unspecified atom stereocenters. The number of hydrogen-bond acceptors (Lipinski definition) is 4. The van der Waals surface area contributed by atoms with Crippen molar-refractivity contribution in [2.45, 2.75) is 5.92 Å². The Kier molecular flexibility index (Phi) is 5.05. The third-order valence-corrected chi connectivity index (χ3v) is 6.62. The minimum Gasteiger partial charge on any atom is -0.337 e. The maximum atomic E-state index is 6.34. The molecule has 0 amide bonds. The zero-order chi connectivity index (χ0) is 23.2. The fraction of sp³-hybridized carbons (Fsp3) is 0.0769. The van der Waals surface area contributed by atoms with Crippen molar-refractivity contribution in [3.63, 3.8) is 0 Å². The molecule has 0 aliphatic rings. The zero-order valence-electron chi connectivity index (χ0n) is 18.1. The molecule has 0 saturated heterocycles. The van der Waals surface area contributed by atoms with E-state index in [1.54, 1.807) is 4.52 Å². The van der Waals surface area contributed by atoms with Crippen molar-refractivity contribution in [2.24, 2.45) is 7.05 Å². The SMILES string of the molecule is Cn1cncc1C(c1ccc(Cl)cc1)c1ccc2c(c1)c(-c1cccc(Cl)c1)cc1nnnn12. The molecule has 0 aliphatic heterocycles. The van der Waals surface area contributed by atoms with Gasteiger partial charge in [0, 0.05) is 34.4 Å². The lowest BCUT2D eigenvalue weighted by atomic mass is 9.87. The second-order valence-corrected chi connectivity index (χ2v) is 9.08. The Labute approximate surface area is 205 Å². The number of pyridine rings is 1. The van der Waals surface area contributed by atoms with Crippen LogP contribution in [-0.4, -0.2) is 29.6 Å². The van der Waals surface area contributed by atoms with Gasteiger partial charge in [0.2, 0.25) is 0 Å². The monoisotopic (exact) mass is 484 g/mol. The molecule has 3 aromatic heterocycles. The summed E-state index contributed by atoms with van der Waals surface area (Å²) in [5.41, 5.74) is 6.94. The largest absolute Gasteiger partial charge is 0.337 e. The molecule has 6 aromatic rings. The van der Waals surface area contributed by atoms with E-state index in [1.807, 2.05) is 66.6 Å². The van der Waals surface area contributed by atoms with Gasteiger partial charge in [-0.05, 0) is 75.1 Å². The molecule has 3 aromatic carbocycles. The average molecular weight is 485 g/mol. The highest BCUT2D eigenvalue weighted by atomic mass is 35.5. The molecule has 1 atom stereocenters. The summed E-state index contributed by atoms with van der Waals surface area (Å²) in [7, 11) is 2.01. The Balaban J connectivity index is 1.64. The van der Waals surface area contributed by atoms with Crippen molar-refractivity contribution < 1.29 is 0 Å². The number of hydrogen-bond donors (Lipinski definition) is 0. The molecule has 166 valence electrons. The van der Waals surface area contributed by atoms with Crippen LogP contribution < -0.4 is 0 Å². The highest BCUT2D eigenvalue weighted by Gasteiger charge is 2.22. The van der Waals surface area contributed by atoms with E-state index in [-0.39, 0.29) is 5.92 Å². The Bertz CT molecular complexity index is 1650. The molecule has 0 radical (unpaired) electrons. The molecule has 6 nitrogen and oxygen atoms in total. The molecular formula is C26H18Cl2N6. The quantitative estimate of drug-likeness (QED) is 0.300. The van der Waals surface area contributed by atoms with Gasteiger partial charge in [-0.1, -0.05) is 53.5 Å². The molecule has 6 rings (SSSR count). The number of halogens is 2. The first-order chi connectivity index (χ1) is 16.6. The predicted octanol–water partition coefficient (Wildman–Crippen LogP) is 6.17. The van der Waals surface area contributed by atoms with Crippen LogP contribution in [0.25, 0.3) is 27.7 Å². The molecule has 0 bridgehead atoms. The van der Waals surface area contributed by atoms with Crippen molar-refractivity contribution in [1.29, 1.82) is 0 Å². The van der Waals surface area contributed by atoms with Crippen LogP contribution in [0.1, 0.15) is 22.7 Å². The van der Waals surface area contributed by atoms with Gasteiger partial charge in [-0.15, -0.1) is 5.10 Å². The fourth-order valence-corrected chi connectivity index (χ4v) is 4.84. The minimum absolute atomic E-state index is 0.0362. The summed E-state index contributed by atoms with van der Waals surface area (Å²) in [5.74, 6) is -0.0362. The Morgan fingerprint density at radius 1 is 0.853 bits per heavy atom. The number of aromatic nitrogens is 6. The summed E-state index contributed by atoms with van der Waals surface area (Å²) in [5, 5.41) is 14.7. The van der Waals surface area contributed by atoms with Gasteiger partial charge >= 0.3 is 0 Å². The number of fused-ring (bicyclic) bond motifs is 3. The number of imidazole rings is 1. The third kappa shape index (κ3) is 3.52. The zero-order valence-corrected chi connectivity index (χ0v) is 19.6. The summed E-state index contributed by atoms with van der Waals surface area (Å²) in [6.45, 7) is 0. The molecule has 0 aliphatic carbocycles. The highest BCUT2D eigenvalue weighted by molar-refractivity contribution is 6.31. The highest BCUT2D eigenvalue weighted by Crippen LogP contribution is 2.37. The van der Waals surface area contributed by atoms with Crippen LogP contribution in [0.5, 0.6) is 0 Å². The van der Waals surface area contributed by atoms with Gasteiger partial charge in [-0.3, -0.25) is 0 Å². The molecule has 8 heteroatoms. The van der Waals surface area contributed by atoms with Crippen molar-refractivity contribution in [1.82, 2.24) is 29.6 Å². The number of benzene rings is 3. The first-order valence-electron chi connectivity index (χ1n) is 10.7. The normalized spacial score (nSPS) is 12.4. The van der Waals surface area contributed by atoms with Crippen molar-refractivity contribution in [3.8, 4) is 11.1 Å². The second kappa shape index (κ2) is 8.24. The second-order valence-electron chi connectivity index (χ2n) is 8.21. The molecule has 0 spiro atoms. The topological polar surface area (TPSA) is 60.9 Å². The van der Waals surface area contributed by atoms with E-state index in [1.165, 1.54) is 0 Å². The number of rotatable bonds is 4. The molecular weight excluding hydrogens is 467 g/mol. The first-order valence-corrected chi connectivity index (χ1v) is 11.5. The van der Waals surface area contributed by atoms with Gasteiger partial charge in [0.05, 0.1) is 17.8 Å². The molecule has 3 heterocycles. The summed E-state index contributed by atoms with van der Waals surface area (Å²) >= 11 is 12.5. The average Bonchev–Trinajstić information content (AvgIpc) is 3.49. The van der Waals surface area contributed by atoms with E-state index in [0.29, 0.717) is 15.7 Å². The van der Waals surface area contributed by atoms with Crippen molar-refractivity contribution >= 4 is 39.8 Å². The van der Waals surface area contributed by atoms with Gasteiger partial charge in [0.15, 0.2) is 5.65 Å². The third-order valence-electron chi connectivity index (χ3n) is 6.13. The minimum atomic E-state index is -0.0362. The van der Waals surface area contributed by atoms with Gasteiger partial charge in [0.1, 0.15) is 0 Å².